The Bertz CT molecular complexity index is 1190. The molecule has 1 atom stereocenters. The van der Waals surface area contributed by atoms with Gasteiger partial charge in [0, 0.05) is 17.1 Å². The average Bonchev–Trinajstić information content (AvgIpc) is 3.21. The maximum Gasteiger partial charge on any atom is 0.255 e. The number of para-hydroxylation sites is 1. The number of carbonyl (C=O) groups is 1. The van der Waals surface area contributed by atoms with Gasteiger partial charge in [0.1, 0.15) is 11.8 Å². The van der Waals surface area contributed by atoms with Crippen LogP contribution in [0.4, 0.5) is 11.6 Å². The zero-order chi connectivity index (χ0) is 23.4. The number of benzene rings is 2. The van der Waals surface area contributed by atoms with E-state index in [2.05, 4.69) is 22.5 Å². The van der Waals surface area contributed by atoms with Crippen molar-refractivity contribution in [2.45, 2.75) is 45.3 Å². The number of thioether (sulfide) groups is 1. The zero-order valence-corrected chi connectivity index (χ0v) is 20.2. The molecule has 0 bridgehead atoms. The van der Waals surface area contributed by atoms with E-state index in [1.54, 1.807) is 11.8 Å². The molecule has 0 fully saturated rings. The summed E-state index contributed by atoms with van der Waals surface area (Å²) in [6.45, 7) is 8.53. The molecule has 0 aliphatic carbocycles. The van der Waals surface area contributed by atoms with Crippen molar-refractivity contribution < 1.29 is 9.53 Å². The van der Waals surface area contributed by atoms with Crippen LogP contribution in [-0.4, -0.2) is 33.0 Å². The number of aromatic nitrogens is 3. The standard InChI is InChI=1S/C25H29N5O2S/c1-5-14-33-25-28-24-26-17(4)21(23(31)27-20-13-8-7-10-16(20)3)22(30(24)29-25)18-11-9-12-19(15-18)32-6-2/h7-13,15,22H,5-6,14H2,1-4H3,(H,27,31)(H,26,28,29). The van der Waals surface area contributed by atoms with Crippen LogP contribution in [0.1, 0.15) is 44.4 Å². The molecule has 0 saturated carbocycles. The van der Waals surface area contributed by atoms with Crippen LogP contribution < -0.4 is 15.4 Å². The molecule has 0 saturated heterocycles. The van der Waals surface area contributed by atoms with Crippen molar-refractivity contribution in [1.82, 2.24) is 14.8 Å². The van der Waals surface area contributed by atoms with Crippen LogP contribution in [0, 0.1) is 6.92 Å². The average molecular weight is 464 g/mol. The predicted octanol–water partition coefficient (Wildman–Crippen LogP) is 5.41. The summed E-state index contributed by atoms with van der Waals surface area (Å²) < 4.78 is 7.54. The molecular formula is C25H29N5O2S. The summed E-state index contributed by atoms with van der Waals surface area (Å²) in [6, 6.07) is 15.1. The molecule has 1 aromatic heterocycles. The summed E-state index contributed by atoms with van der Waals surface area (Å²) >= 11 is 1.61. The molecule has 4 rings (SSSR count). The molecule has 0 spiro atoms. The summed E-state index contributed by atoms with van der Waals surface area (Å²) in [5.74, 6) is 2.14. The highest BCUT2D eigenvalue weighted by Gasteiger charge is 2.34. The van der Waals surface area contributed by atoms with Gasteiger partial charge in [0.2, 0.25) is 11.1 Å². The van der Waals surface area contributed by atoms with Gasteiger partial charge in [0.25, 0.3) is 5.91 Å². The maximum atomic E-state index is 13.6. The summed E-state index contributed by atoms with van der Waals surface area (Å²) in [5, 5.41) is 11.8. The van der Waals surface area contributed by atoms with E-state index in [4.69, 9.17) is 9.84 Å². The third kappa shape index (κ3) is 4.90. The Balaban J connectivity index is 1.78. The van der Waals surface area contributed by atoms with Gasteiger partial charge >= 0.3 is 0 Å². The fraction of sp³-hybridized carbons (Fsp3) is 0.320. The SMILES string of the molecule is CCCSc1nc2n(n1)C(c1cccc(OCC)c1)C(C(=O)Nc1ccccc1C)=C(C)N2. The minimum Gasteiger partial charge on any atom is -0.494 e. The number of hydrogen-bond acceptors (Lipinski definition) is 6. The van der Waals surface area contributed by atoms with E-state index in [1.807, 2.05) is 74.0 Å². The first-order chi connectivity index (χ1) is 16.0. The molecule has 3 aromatic rings. The summed E-state index contributed by atoms with van der Waals surface area (Å²) in [4.78, 5) is 18.3. The van der Waals surface area contributed by atoms with E-state index in [-0.39, 0.29) is 5.91 Å². The monoisotopic (exact) mass is 463 g/mol. The molecule has 172 valence electrons. The van der Waals surface area contributed by atoms with E-state index in [9.17, 15) is 4.79 Å². The summed E-state index contributed by atoms with van der Waals surface area (Å²) in [5.41, 5.74) is 4.04. The number of anilines is 2. The minimum absolute atomic E-state index is 0.176. The van der Waals surface area contributed by atoms with E-state index >= 15 is 0 Å². The van der Waals surface area contributed by atoms with Gasteiger partial charge in [-0.05, 0) is 56.5 Å². The highest BCUT2D eigenvalue weighted by molar-refractivity contribution is 7.99. The number of hydrogen-bond donors (Lipinski definition) is 2. The number of ether oxygens (including phenoxy) is 1. The Hall–Kier alpha value is -3.26. The third-order valence-electron chi connectivity index (χ3n) is 5.39. The molecule has 7 nitrogen and oxygen atoms in total. The molecule has 33 heavy (non-hydrogen) atoms. The number of nitrogens with zero attached hydrogens (tertiary/aromatic N) is 3. The van der Waals surface area contributed by atoms with Gasteiger partial charge in [-0.15, -0.1) is 5.10 Å². The van der Waals surface area contributed by atoms with Gasteiger partial charge < -0.3 is 15.4 Å². The molecule has 1 unspecified atom stereocenters. The number of carbonyl (C=O) groups excluding carboxylic acids is 1. The maximum absolute atomic E-state index is 13.6. The molecule has 2 N–H and O–H groups in total. The van der Waals surface area contributed by atoms with Gasteiger partial charge in [0.15, 0.2) is 0 Å². The molecule has 1 aliphatic rings. The zero-order valence-electron chi connectivity index (χ0n) is 19.4. The summed E-state index contributed by atoms with van der Waals surface area (Å²) in [6.07, 6.45) is 1.03. The van der Waals surface area contributed by atoms with E-state index in [0.717, 1.165) is 40.4 Å². The smallest absolute Gasteiger partial charge is 0.255 e. The highest BCUT2D eigenvalue weighted by atomic mass is 32.2. The van der Waals surface area contributed by atoms with Crippen LogP contribution in [0.5, 0.6) is 5.75 Å². The predicted molar refractivity (Wildman–Crippen MR) is 133 cm³/mol. The van der Waals surface area contributed by atoms with Crippen molar-refractivity contribution in [3.63, 3.8) is 0 Å². The second kappa shape index (κ2) is 10.1. The molecular weight excluding hydrogens is 434 g/mol. The number of rotatable bonds is 8. The lowest BCUT2D eigenvalue weighted by Crippen LogP contribution is -2.31. The second-order valence-corrected chi connectivity index (χ2v) is 8.91. The Morgan fingerprint density at radius 1 is 1.18 bits per heavy atom. The quantitative estimate of drug-likeness (QED) is 0.435. The van der Waals surface area contributed by atoms with E-state index in [0.29, 0.717) is 23.3 Å². The van der Waals surface area contributed by atoms with Gasteiger partial charge in [-0.3, -0.25) is 4.79 Å². The van der Waals surface area contributed by atoms with Crippen LogP contribution in [0.2, 0.25) is 0 Å². The first-order valence-electron chi connectivity index (χ1n) is 11.2. The normalized spacial score (nSPS) is 15.1. The van der Waals surface area contributed by atoms with Crippen LogP contribution in [-0.2, 0) is 4.79 Å². The van der Waals surface area contributed by atoms with Gasteiger partial charge in [-0.2, -0.15) is 4.98 Å². The Kier molecular flexibility index (Phi) is 7.03. The van der Waals surface area contributed by atoms with Crippen LogP contribution in [0.25, 0.3) is 0 Å². The van der Waals surface area contributed by atoms with Crippen LogP contribution >= 0.6 is 11.8 Å². The minimum atomic E-state index is -0.436. The van der Waals surface area contributed by atoms with Crippen LogP contribution in [0.15, 0.2) is 65.0 Å². The van der Waals surface area contributed by atoms with E-state index < -0.39 is 6.04 Å². The number of fused-ring (bicyclic) bond motifs is 1. The van der Waals surface area contributed by atoms with Gasteiger partial charge in [-0.1, -0.05) is 49.0 Å². The van der Waals surface area contributed by atoms with Gasteiger partial charge in [0.05, 0.1) is 12.2 Å². The van der Waals surface area contributed by atoms with Crippen molar-refractivity contribution in [2.75, 3.05) is 23.0 Å². The second-order valence-electron chi connectivity index (χ2n) is 7.85. The van der Waals surface area contributed by atoms with Crippen LogP contribution in [0.3, 0.4) is 0 Å². The van der Waals surface area contributed by atoms with Crippen molar-refractivity contribution in [3.05, 3.63) is 70.9 Å². The number of amides is 1. The third-order valence-corrected chi connectivity index (χ3v) is 6.43. The molecule has 1 amide bonds. The first kappa shape index (κ1) is 22.9. The Labute approximate surface area is 198 Å². The highest BCUT2D eigenvalue weighted by Crippen LogP contribution is 2.37. The van der Waals surface area contributed by atoms with Gasteiger partial charge in [-0.25, -0.2) is 4.68 Å². The molecule has 0 radical (unpaired) electrons. The fourth-order valence-corrected chi connectivity index (χ4v) is 4.52. The van der Waals surface area contributed by atoms with Crippen molar-refractivity contribution >= 4 is 29.3 Å². The van der Waals surface area contributed by atoms with E-state index in [1.165, 1.54) is 0 Å². The van der Waals surface area contributed by atoms with Crippen molar-refractivity contribution in [3.8, 4) is 5.75 Å². The lowest BCUT2D eigenvalue weighted by molar-refractivity contribution is -0.113. The number of nitrogens with one attached hydrogen (secondary N) is 2. The lowest BCUT2D eigenvalue weighted by Gasteiger charge is -2.29. The first-order valence-corrected chi connectivity index (χ1v) is 12.2. The molecule has 2 aromatic carbocycles. The lowest BCUT2D eigenvalue weighted by atomic mass is 9.94. The number of aryl methyl sites for hydroxylation is 1. The van der Waals surface area contributed by atoms with Crippen molar-refractivity contribution in [1.29, 1.82) is 0 Å². The topological polar surface area (TPSA) is 81.1 Å². The molecule has 1 aliphatic heterocycles. The molecule has 2 heterocycles. The largest absolute Gasteiger partial charge is 0.494 e. The Morgan fingerprint density at radius 2 is 2.00 bits per heavy atom. The Morgan fingerprint density at radius 3 is 2.76 bits per heavy atom. The number of allylic oxidation sites excluding steroid dienone is 1. The summed E-state index contributed by atoms with van der Waals surface area (Å²) in [7, 11) is 0. The van der Waals surface area contributed by atoms with Crippen molar-refractivity contribution in [2.24, 2.45) is 0 Å². The fourth-order valence-electron chi connectivity index (χ4n) is 3.83. The molecule has 8 heteroatoms.